The van der Waals surface area contributed by atoms with E-state index in [1.807, 2.05) is 72.8 Å². The van der Waals surface area contributed by atoms with E-state index in [1.54, 1.807) is 36.4 Å². The molecule has 4 aromatic rings. The third kappa shape index (κ3) is 8.86. The minimum atomic E-state index is -0.422. The van der Waals surface area contributed by atoms with Gasteiger partial charge < -0.3 is 20.7 Å². The maximum atomic E-state index is 13.0. The number of anilines is 4. The van der Waals surface area contributed by atoms with Crippen molar-refractivity contribution in [1.82, 2.24) is 0 Å². The second kappa shape index (κ2) is 14.1. The maximum Gasteiger partial charge on any atom is 0.306 e. The number of nitrogens with one attached hydrogen (secondary N) is 3. The quantitative estimate of drug-likeness (QED) is 0.145. The highest BCUT2D eigenvalue weighted by molar-refractivity contribution is 6.10. The van der Waals surface area contributed by atoms with Crippen LogP contribution in [0.1, 0.15) is 35.2 Å². The van der Waals surface area contributed by atoms with Crippen LogP contribution in [0.3, 0.4) is 0 Å². The standard InChI is InChI=1S/C32H31N3O4/c36-30(21-22-31(37)39-23-9-12-24-10-3-1-4-11-24)35-29-16-8-7-15-28(29)32(38)34-27-19-17-26(18-20-27)33-25-13-5-2-6-14-25/h1-8,10-11,13-20,33H,9,12,21-23H2,(H,34,38)(H,35,36). The molecule has 2 amide bonds. The van der Waals surface area contributed by atoms with Crippen molar-refractivity contribution in [2.24, 2.45) is 0 Å². The lowest BCUT2D eigenvalue weighted by molar-refractivity contribution is -0.144. The lowest BCUT2D eigenvalue weighted by Gasteiger charge is -2.12. The van der Waals surface area contributed by atoms with Crippen LogP contribution >= 0.6 is 0 Å². The van der Waals surface area contributed by atoms with Crippen molar-refractivity contribution in [2.75, 3.05) is 22.6 Å². The molecule has 0 saturated heterocycles. The molecule has 198 valence electrons. The lowest BCUT2D eigenvalue weighted by Crippen LogP contribution is -2.19. The highest BCUT2D eigenvalue weighted by Gasteiger charge is 2.15. The Kier molecular flexibility index (Phi) is 9.84. The van der Waals surface area contributed by atoms with Gasteiger partial charge in [0.2, 0.25) is 5.91 Å². The first-order valence-electron chi connectivity index (χ1n) is 12.9. The third-order valence-corrected chi connectivity index (χ3v) is 5.92. The molecule has 0 aromatic heterocycles. The van der Waals surface area contributed by atoms with Crippen LogP contribution in [-0.2, 0) is 20.7 Å². The zero-order valence-electron chi connectivity index (χ0n) is 21.6. The summed E-state index contributed by atoms with van der Waals surface area (Å²) in [5.74, 6) is -1.14. The Hall–Kier alpha value is -4.91. The number of ether oxygens (including phenoxy) is 1. The zero-order chi connectivity index (χ0) is 27.3. The molecule has 0 aliphatic rings. The van der Waals surface area contributed by atoms with Crippen LogP contribution in [0.5, 0.6) is 0 Å². The molecule has 0 unspecified atom stereocenters. The Morgan fingerprint density at radius 2 is 1.23 bits per heavy atom. The predicted molar refractivity (Wildman–Crippen MR) is 154 cm³/mol. The molecule has 0 aliphatic carbocycles. The van der Waals surface area contributed by atoms with E-state index >= 15 is 0 Å². The van der Waals surface area contributed by atoms with E-state index in [-0.39, 0.29) is 24.7 Å². The minimum absolute atomic E-state index is 0.0328. The van der Waals surface area contributed by atoms with Gasteiger partial charge in [0, 0.05) is 23.5 Å². The van der Waals surface area contributed by atoms with Crippen molar-refractivity contribution in [3.8, 4) is 0 Å². The molecule has 0 heterocycles. The summed E-state index contributed by atoms with van der Waals surface area (Å²) in [5, 5.41) is 8.90. The number of aryl methyl sites for hydroxylation is 1. The van der Waals surface area contributed by atoms with Gasteiger partial charge in [0.15, 0.2) is 0 Å². The van der Waals surface area contributed by atoms with Gasteiger partial charge in [0.25, 0.3) is 5.91 Å². The maximum absolute atomic E-state index is 13.0. The van der Waals surface area contributed by atoms with E-state index in [9.17, 15) is 14.4 Å². The molecule has 39 heavy (non-hydrogen) atoms. The Labute approximate surface area is 228 Å². The van der Waals surface area contributed by atoms with Crippen molar-refractivity contribution in [3.05, 3.63) is 120 Å². The number of amides is 2. The average Bonchev–Trinajstić information content (AvgIpc) is 2.96. The molecule has 4 rings (SSSR count). The fourth-order valence-corrected chi connectivity index (χ4v) is 3.92. The highest BCUT2D eigenvalue weighted by atomic mass is 16.5. The fraction of sp³-hybridized carbons (Fsp3) is 0.156. The number of carbonyl (C=O) groups excluding carboxylic acids is 3. The van der Waals surface area contributed by atoms with Gasteiger partial charge in [0.05, 0.1) is 24.3 Å². The van der Waals surface area contributed by atoms with Crippen LogP contribution in [0, 0.1) is 0 Å². The molecule has 0 radical (unpaired) electrons. The third-order valence-electron chi connectivity index (χ3n) is 5.92. The summed E-state index contributed by atoms with van der Waals surface area (Å²) in [6.45, 7) is 0.307. The first kappa shape index (κ1) is 27.1. The second-order valence-corrected chi connectivity index (χ2v) is 8.93. The SMILES string of the molecule is O=C(CCC(=O)OCCCc1ccccc1)Nc1ccccc1C(=O)Nc1ccc(Nc2ccccc2)cc1. The van der Waals surface area contributed by atoms with E-state index < -0.39 is 5.97 Å². The normalized spacial score (nSPS) is 10.4. The molecule has 7 nitrogen and oxygen atoms in total. The Morgan fingerprint density at radius 3 is 1.97 bits per heavy atom. The van der Waals surface area contributed by atoms with Gasteiger partial charge in [-0.2, -0.15) is 0 Å². The summed E-state index contributed by atoms with van der Waals surface area (Å²) in [6.07, 6.45) is 1.47. The molecular formula is C32H31N3O4. The molecule has 7 heteroatoms. The van der Waals surface area contributed by atoms with Crippen LogP contribution in [-0.4, -0.2) is 24.4 Å². The van der Waals surface area contributed by atoms with Crippen molar-refractivity contribution in [1.29, 1.82) is 0 Å². The average molecular weight is 522 g/mol. The van der Waals surface area contributed by atoms with E-state index in [1.165, 1.54) is 5.56 Å². The predicted octanol–water partition coefficient (Wildman–Crippen LogP) is 6.58. The van der Waals surface area contributed by atoms with Gasteiger partial charge in [-0.15, -0.1) is 0 Å². The van der Waals surface area contributed by atoms with Crippen molar-refractivity contribution in [2.45, 2.75) is 25.7 Å². The van der Waals surface area contributed by atoms with Gasteiger partial charge in [-0.1, -0.05) is 60.7 Å². The van der Waals surface area contributed by atoms with Crippen LogP contribution < -0.4 is 16.0 Å². The Bertz CT molecular complexity index is 1370. The fourth-order valence-electron chi connectivity index (χ4n) is 3.92. The molecule has 0 bridgehead atoms. The number of benzene rings is 4. The van der Waals surface area contributed by atoms with Crippen LogP contribution in [0.15, 0.2) is 109 Å². The molecule has 0 saturated carbocycles. The number of carbonyl (C=O) groups is 3. The minimum Gasteiger partial charge on any atom is -0.466 e. The summed E-state index contributed by atoms with van der Waals surface area (Å²) in [7, 11) is 0. The Morgan fingerprint density at radius 1 is 0.615 bits per heavy atom. The van der Waals surface area contributed by atoms with Gasteiger partial charge in [-0.3, -0.25) is 14.4 Å². The molecule has 0 spiro atoms. The van der Waals surface area contributed by atoms with Crippen molar-refractivity contribution in [3.63, 3.8) is 0 Å². The first-order valence-corrected chi connectivity index (χ1v) is 12.9. The zero-order valence-corrected chi connectivity index (χ0v) is 21.6. The van der Waals surface area contributed by atoms with Gasteiger partial charge in [-0.25, -0.2) is 0 Å². The highest BCUT2D eigenvalue weighted by Crippen LogP contribution is 2.21. The van der Waals surface area contributed by atoms with Gasteiger partial charge in [-0.05, 0) is 66.9 Å². The van der Waals surface area contributed by atoms with Crippen molar-refractivity contribution < 1.29 is 19.1 Å². The molecular weight excluding hydrogens is 490 g/mol. The summed E-state index contributed by atoms with van der Waals surface area (Å²) in [4.78, 5) is 37.5. The van der Waals surface area contributed by atoms with Gasteiger partial charge in [0.1, 0.15) is 0 Å². The summed E-state index contributed by atoms with van der Waals surface area (Å²) < 4.78 is 5.25. The number of hydrogen-bond donors (Lipinski definition) is 3. The molecule has 0 atom stereocenters. The summed E-state index contributed by atoms with van der Waals surface area (Å²) in [5.41, 5.74) is 4.36. The molecule has 0 fully saturated rings. The number of para-hydroxylation sites is 2. The van der Waals surface area contributed by atoms with E-state index in [4.69, 9.17) is 4.74 Å². The Balaban J connectivity index is 1.23. The van der Waals surface area contributed by atoms with Crippen LogP contribution in [0.4, 0.5) is 22.7 Å². The van der Waals surface area contributed by atoms with Crippen LogP contribution in [0.2, 0.25) is 0 Å². The van der Waals surface area contributed by atoms with E-state index in [0.29, 0.717) is 23.5 Å². The monoisotopic (exact) mass is 521 g/mol. The smallest absolute Gasteiger partial charge is 0.306 e. The number of rotatable bonds is 12. The van der Waals surface area contributed by atoms with Gasteiger partial charge >= 0.3 is 5.97 Å². The molecule has 4 aromatic carbocycles. The molecule has 3 N–H and O–H groups in total. The second-order valence-electron chi connectivity index (χ2n) is 8.93. The lowest BCUT2D eigenvalue weighted by atomic mass is 10.1. The first-order chi connectivity index (χ1) is 19.1. The summed E-state index contributed by atoms with van der Waals surface area (Å²) in [6, 6.07) is 33.9. The number of esters is 1. The summed E-state index contributed by atoms with van der Waals surface area (Å²) >= 11 is 0. The van der Waals surface area contributed by atoms with Crippen LogP contribution in [0.25, 0.3) is 0 Å². The van der Waals surface area contributed by atoms with E-state index in [2.05, 4.69) is 16.0 Å². The largest absolute Gasteiger partial charge is 0.466 e. The molecule has 0 aliphatic heterocycles. The number of hydrogen-bond acceptors (Lipinski definition) is 5. The van der Waals surface area contributed by atoms with Crippen molar-refractivity contribution >= 4 is 40.5 Å². The topological polar surface area (TPSA) is 96.5 Å². The van der Waals surface area contributed by atoms with E-state index in [0.717, 1.165) is 24.2 Å².